The van der Waals surface area contributed by atoms with Gasteiger partial charge in [-0.2, -0.15) is 0 Å². The van der Waals surface area contributed by atoms with Crippen LogP contribution >= 0.6 is 0 Å². The van der Waals surface area contributed by atoms with Gasteiger partial charge in [-0.05, 0) is 25.7 Å². The first-order chi connectivity index (χ1) is 8.72. The molecule has 0 aliphatic rings. The molecule has 0 aromatic heterocycles. The summed E-state index contributed by atoms with van der Waals surface area (Å²) in [6.07, 6.45) is 7.49. The molecule has 0 radical (unpaired) electrons. The molecule has 2 unspecified atom stereocenters. The quantitative estimate of drug-likeness (QED) is 0.380. The molecule has 110 valence electrons. The Balaban J connectivity index is 3.36. The molecule has 0 rings (SSSR count). The third-order valence-electron chi connectivity index (χ3n) is 3.26. The lowest BCUT2D eigenvalue weighted by Crippen LogP contribution is -2.25. The number of hydrogen-bond donors (Lipinski definition) is 4. The molecule has 2 atom stereocenters. The number of unbranched alkanes of at least 4 members (excludes halogenated alkanes) is 6. The predicted octanol–water partition coefficient (Wildman–Crippen LogP) is 1.59. The standard InChI is InChI=1S/C14H30O4/c15-11-7-3-1-5-9-13(17)14(18)10-6-2-4-8-12-16/h13-18H,1-12H2. The van der Waals surface area contributed by atoms with Crippen molar-refractivity contribution in [1.82, 2.24) is 0 Å². The van der Waals surface area contributed by atoms with Crippen molar-refractivity contribution in [3.63, 3.8) is 0 Å². The average molecular weight is 262 g/mol. The van der Waals surface area contributed by atoms with Gasteiger partial charge in [0, 0.05) is 13.2 Å². The highest BCUT2D eigenvalue weighted by Crippen LogP contribution is 2.13. The summed E-state index contributed by atoms with van der Waals surface area (Å²) in [5.74, 6) is 0. The Labute approximate surface area is 111 Å². The topological polar surface area (TPSA) is 80.9 Å². The van der Waals surface area contributed by atoms with Crippen molar-refractivity contribution in [2.45, 2.75) is 76.4 Å². The zero-order valence-corrected chi connectivity index (χ0v) is 11.4. The second-order valence-corrected chi connectivity index (χ2v) is 4.99. The molecule has 4 nitrogen and oxygen atoms in total. The van der Waals surface area contributed by atoms with E-state index in [1.54, 1.807) is 0 Å². The molecule has 0 amide bonds. The molecule has 0 aromatic carbocycles. The van der Waals surface area contributed by atoms with Crippen LogP contribution in [0.25, 0.3) is 0 Å². The highest BCUT2D eigenvalue weighted by molar-refractivity contribution is 4.67. The van der Waals surface area contributed by atoms with Crippen molar-refractivity contribution in [2.75, 3.05) is 13.2 Å². The highest BCUT2D eigenvalue weighted by atomic mass is 16.3. The SMILES string of the molecule is OCCCCCCC(O)C(O)CCCCCCO. The summed E-state index contributed by atoms with van der Waals surface area (Å²) >= 11 is 0. The lowest BCUT2D eigenvalue weighted by molar-refractivity contribution is 0.00705. The first kappa shape index (κ1) is 17.8. The van der Waals surface area contributed by atoms with E-state index in [0.29, 0.717) is 12.8 Å². The van der Waals surface area contributed by atoms with Crippen molar-refractivity contribution < 1.29 is 20.4 Å². The number of aliphatic hydroxyl groups is 4. The Morgan fingerprint density at radius 2 is 0.833 bits per heavy atom. The molecule has 18 heavy (non-hydrogen) atoms. The minimum Gasteiger partial charge on any atom is -0.396 e. The van der Waals surface area contributed by atoms with Gasteiger partial charge < -0.3 is 20.4 Å². The lowest BCUT2D eigenvalue weighted by Gasteiger charge is -2.17. The summed E-state index contributed by atoms with van der Waals surface area (Å²) in [6.45, 7) is 0.470. The highest BCUT2D eigenvalue weighted by Gasteiger charge is 2.14. The van der Waals surface area contributed by atoms with Crippen LogP contribution in [0.3, 0.4) is 0 Å². The molecule has 4 N–H and O–H groups in total. The van der Waals surface area contributed by atoms with Gasteiger partial charge in [0.2, 0.25) is 0 Å². The zero-order valence-electron chi connectivity index (χ0n) is 11.4. The van der Waals surface area contributed by atoms with Gasteiger partial charge in [0.25, 0.3) is 0 Å². The maximum atomic E-state index is 9.74. The van der Waals surface area contributed by atoms with E-state index in [-0.39, 0.29) is 13.2 Å². The summed E-state index contributed by atoms with van der Waals surface area (Å²) in [5, 5.41) is 36.7. The molecule has 0 heterocycles. The lowest BCUT2D eigenvalue weighted by atomic mass is 10.0. The van der Waals surface area contributed by atoms with E-state index in [1.165, 1.54) is 0 Å². The fourth-order valence-corrected chi connectivity index (χ4v) is 2.02. The van der Waals surface area contributed by atoms with E-state index in [4.69, 9.17) is 10.2 Å². The summed E-state index contributed by atoms with van der Waals surface area (Å²) in [5.41, 5.74) is 0. The summed E-state index contributed by atoms with van der Waals surface area (Å²) in [4.78, 5) is 0. The van der Waals surface area contributed by atoms with E-state index in [9.17, 15) is 10.2 Å². The molecule has 4 heteroatoms. The Morgan fingerprint density at radius 3 is 1.17 bits per heavy atom. The van der Waals surface area contributed by atoms with Crippen LogP contribution < -0.4 is 0 Å². The van der Waals surface area contributed by atoms with Crippen LogP contribution in [0, 0.1) is 0 Å². The van der Waals surface area contributed by atoms with Crippen LogP contribution in [-0.4, -0.2) is 45.8 Å². The predicted molar refractivity (Wildman–Crippen MR) is 72.4 cm³/mol. The van der Waals surface area contributed by atoms with Gasteiger partial charge in [-0.15, -0.1) is 0 Å². The van der Waals surface area contributed by atoms with Crippen LogP contribution in [0.15, 0.2) is 0 Å². The molecular formula is C14H30O4. The van der Waals surface area contributed by atoms with Crippen molar-refractivity contribution in [2.24, 2.45) is 0 Å². The Bertz CT molecular complexity index is 146. The summed E-state index contributed by atoms with van der Waals surface area (Å²) in [6, 6.07) is 0. The van der Waals surface area contributed by atoms with Crippen LogP contribution in [0.1, 0.15) is 64.2 Å². The molecule has 0 saturated carbocycles. The average Bonchev–Trinajstić information content (AvgIpc) is 2.37. The van der Waals surface area contributed by atoms with Gasteiger partial charge in [-0.25, -0.2) is 0 Å². The molecule has 0 fully saturated rings. The normalized spacial score (nSPS) is 14.7. The molecule has 0 saturated heterocycles. The van der Waals surface area contributed by atoms with Crippen molar-refractivity contribution in [3.05, 3.63) is 0 Å². The van der Waals surface area contributed by atoms with Crippen LogP contribution in [0.2, 0.25) is 0 Å². The van der Waals surface area contributed by atoms with Crippen LogP contribution in [0.5, 0.6) is 0 Å². The van der Waals surface area contributed by atoms with E-state index in [1.807, 2.05) is 0 Å². The Kier molecular flexibility index (Phi) is 13.2. The third kappa shape index (κ3) is 11.0. The minimum atomic E-state index is -0.614. The van der Waals surface area contributed by atoms with Crippen LogP contribution in [-0.2, 0) is 0 Å². The first-order valence-electron chi connectivity index (χ1n) is 7.30. The smallest absolute Gasteiger partial charge is 0.0799 e. The van der Waals surface area contributed by atoms with Gasteiger partial charge in [0.1, 0.15) is 0 Å². The van der Waals surface area contributed by atoms with Crippen molar-refractivity contribution >= 4 is 0 Å². The third-order valence-corrected chi connectivity index (χ3v) is 3.26. The molecule has 0 aromatic rings. The molecular weight excluding hydrogens is 232 g/mol. The first-order valence-corrected chi connectivity index (χ1v) is 7.30. The zero-order chi connectivity index (χ0) is 13.6. The van der Waals surface area contributed by atoms with E-state index in [0.717, 1.165) is 51.4 Å². The molecule has 0 spiro atoms. The maximum absolute atomic E-state index is 9.74. The molecule has 0 aliphatic carbocycles. The molecule has 0 bridgehead atoms. The van der Waals surface area contributed by atoms with E-state index < -0.39 is 12.2 Å². The number of rotatable bonds is 13. The van der Waals surface area contributed by atoms with Gasteiger partial charge in [0.05, 0.1) is 12.2 Å². The van der Waals surface area contributed by atoms with Crippen molar-refractivity contribution in [3.8, 4) is 0 Å². The maximum Gasteiger partial charge on any atom is 0.0799 e. The Hall–Kier alpha value is -0.160. The van der Waals surface area contributed by atoms with E-state index in [2.05, 4.69) is 0 Å². The van der Waals surface area contributed by atoms with Gasteiger partial charge in [-0.3, -0.25) is 0 Å². The second kappa shape index (κ2) is 13.3. The molecule has 0 aliphatic heterocycles. The van der Waals surface area contributed by atoms with Gasteiger partial charge >= 0.3 is 0 Å². The monoisotopic (exact) mass is 262 g/mol. The van der Waals surface area contributed by atoms with Gasteiger partial charge in [-0.1, -0.05) is 38.5 Å². The summed E-state index contributed by atoms with van der Waals surface area (Å²) < 4.78 is 0. The van der Waals surface area contributed by atoms with E-state index >= 15 is 0 Å². The second-order valence-electron chi connectivity index (χ2n) is 4.99. The van der Waals surface area contributed by atoms with Crippen LogP contribution in [0.4, 0.5) is 0 Å². The number of aliphatic hydroxyl groups excluding tert-OH is 4. The van der Waals surface area contributed by atoms with Gasteiger partial charge in [0.15, 0.2) is 0 Å². The fourth-order valence-electron chi connectivity index (χ4n) is 2.02. The fraction of sp³-hybridized carbons (Fsp3) is 1.00. The largest absolute Gasteiger partial charge is 0.396 e. The van der Waals surface area contributed by atoms with Crippen molar-refractivity contribution in [1.29, 1.82) is 0 Å². The summed E-state index contributed by atoms with van der Waals surface area (Å²) in [7, 11) is 0. The Morgan fingerprint density at radius 1 is 0.500 bits per heavy atom. The number of hydrogen-bond acceptors (Lipinski definition) is 4. The minimum absolute atomic E-state index is 0.235.